The van der Waals surface area contributed by atoms with E-state index in [0.717, 1.165) is 13.1 Å². The first-order valence-corrected chi connectivity index (χ1v) is 6.91. The van der Waals surface area contributed by atoms with Crippen molar-refractivity contribution in [2.45, 2.75) is 39.2 Å². The molecule has 1 N–H and O–H groups in total. The van der Waals surface area contributed by atoms with E-state index in [1.807, 2.05) is 0 Å². The van der Waals surface area contributed by atoms with Crippen molar-refractivity contribution < 1.29 is 0 Å². The maximum Gasteiger partial charge on any atom is 0.0483 e. The van der Waals surface area contributed by atoms with Gasteiger partial charge in [-0.2, -0.15) is 0 Å². The molecule has 0 radical (unpaired) electrons. The van der Waals surface area contributed by atoms with E-state index in [1.54, 1.807) is 5.56 Å². The number of benzene rings is 1. The number of aromatic nitrogens is 1. The van der Waals surface area contributed by atoms with Crippen LogP contribution in [0.2, 0.25) is 0 Å². The molecule has 2 heterocycles. The lowest BCUT2D eigenvalue weighted by Crippen LogP contribution is -2.27. The molecule has 0 amide bonds. The van der Waals surface area contributed by atoms with E-state index < -0.39 is 0 Å². The molecule has 0 aliphatic carbocycles. The Kier molecular flexibility index (Phi) is 2.70. The minimum atomic E-state index is 0.599. The van der Waals surface area contributed by atoms with Crippen LogP contribution in [-0.4, -0.2) is 11.1 Å². The van der Waals surface area contributed by atoms with Crippen LogP contribution < -0.4 is 5.32 Å². The van der Waals surface area contributed by atoms with Gasteiger partial charge in [0.25, 0.3) is 0 Å². The maximum atomic E-state index is 3.51. The molecule has 0 saturated carbocycles. The summed E-state index contributed by atoms with van der Waals surface area (Å²) in [5.74, 6) is 1.21. The molecule has 96 valence electrons. The highest BCUT2D eigenvalue weighted by Crippen LogP contribution is 2.35. The van der Waals surface area contributed by atoms with Crippen LogP contribution in [0.25, 0.3) is 10.9 Å². The standard InChI is InChI=1S/C16H22N2/c1-10(2)12-5-6-14-13(7-12)16-11(3)8-17-9-15(16)18(14)4/h5-7,10-11,17H,8-9H2,1-4H3. The summed E-state index contributed by atoms with van der Waals surface area (Å²) < 4.78 is 2.36. The number of hydrogen-bond acceptors (Lipinski definition) is 1. The Bertz CT molecular complexity index is 593. The van der Waals surface area contributed by atoms with Crippen LogP contribution in [0.3, 0.4) is 0 Å². The summed E-state index contributed by atoms with van der Waals surface area (Å²) in [7, 11) is 2.19. The van der Waals surface area contributed by atoms with E-state index in [0.29, 0.717) is 11.8 Å². The van der Waals surface area contributed by atoms with Crippen LogP contribution in [0.5, 0.6) is 0 Å². The van der Waals surface area contributed by atoms with Crippen molar-refractivity contribution in [2.24, 2.45) is 7.05 Å². The fraction of sp³-hybridized carbons (Fsp3) is 0.500. The number of nitrogens with one attached hydrogen (secondary N) is 1. The average Bonchev–Trinajstić information content (AvgIpc) is 2.64. The van der Waals surface area contributed by atoms with Crippen molar-refractivity contribution in [3.8, 4) is 0 Å². The molecule has 1 aliphatic rings. The highest BCUT2D eigenvalue weighted by molar-refractivity contribution is 5.87. The zero-order valence-corrected chi connectivity index (χ0v) is 11.7. The highest BCUT2D eigenvalue weighted by atomic mass is 15.0. The minimum Gasteiger partial charge on any atom is -0.346 e. The summed E-state index contributed by atoms with van der Waals surface area (Å²) in [4.78, 5) is 0. The molecule has 0 spiro atoms. The summed E-state index contributed by atoms with van der Waals surface area (Å²) in [5.41, 5.74) is 5.85. The fourth-order valence-electron chi connectivity index (χ4n) is 3.18. The largest absolute Gasteiger partial charge is 0.346 e. The minimum absolute atomic E-state index is 0.599. The average molecular weight is 242 g/mol. The van der Waals surface area contributed by atoms with Gasteiger partial charge in [0.1, 0.15) is 0 Å². The molecule has 0 bridgehead atoms. The Labute approximate surface area is 109 Å². The van der Waals surface area contributed by atoms with Crippen LogP contribution in [0, 0.1) is 0 Å². The molecule has 2 nitrogen and oxygen atoms in total. The van der Waals surface area contributed by atoms with Gasteiger partial charge in [0.05, 0.1) is 0 Å². The molecule has 2 heteroatoms. The number of rotatable bonds is 1. The Balaban J connectivity index is 2.31. The fourth-order valence-corrected chi connectivity index (χ4v) is 3.18. The van der Waals surface area contributed by atoms with E-state index in [4.69, 9.17) is 0 Å². The molecule has 1 atom stereocenters. The predicted molar refractivity (Wildman–Crippen MR) is 77.1 cm³/mol. The Morgan fingerprint density at radius 1 is 1.33 bits per heavy atom. The molecule has 2 aromatic rings. The topological polar surface area (TPSA) is 17.0 Å². The molecule has 1 unspecified atom stereocenters. The molecule has 0 saturated heterocycles. The van der Waals surface area contributed by atoms with E-state index in [-0.39, 0.29) is 0 Å². The number of nitrogens with zero attached hydrogens (tertiary/aromatic N) is 1. The molecule has 0 fully saturated rings. The van der Waals surface area contributed by atoms with E-state index in [2.05, 4.69) is 55.9 Å². The number of aryl methyl sites for hydroxylation is 1. The summed E-state index contributed by atoms with van der Waals surface area (Å²) >= 11 is 0. The zero-order chi connectivity index (χ0) is 12.9. The third-order valence-electron chi connectivity index (χ3n) is 4.29. The smallest absolute Gasteiger partial charge is 0.0483 e. The van der Waals surface area contributed by atoms with Gasteiger partial charge in [-0.3, -0.25) is 0 Å². The molecule has 1 aromatic heterocycles. The molecule has 1 aromatic carbocycles. The van der Waals surface area contributed by atoms with Crippen molar-refractivity contribution in [1.82, 2.24) is 9.88 Å². The second kappa shape index (κ2) is 4.13. The molecular formula is C16H22N2. The van der Waals surface area contributed by atoms with Crippen molar-refractivity contribution in [1.29, 1.82) is 0 Å². The van der Waals surface area contributed by atoms with Gasteiger partial charge >= 0.3 is 0 Å². The maximum absolute atomic E-state index is 3.51. The predicted octanol–water partition coefficient (Wildman–Crippen LogP) is 3.51. The molecule has 1 aliphatic heterocycles. The Hall–Kier alpha value is -1.28. The van der Waals surface area contributed by atoms with Gasteiger partial charge < -0.3 is 9.88 Å². The lowest BCUT2D eigenvalue weighted by molar-refractivity contribution is 0.553. The lowest BCUT2D eigenvalue weighted by atomic mass is 9.92. The summed E-state index contributed by atoms with van der Waals surface area (Å²) in [6.45, 7) is 8.95. The Morgan fingerprint density at radius 2 is 2.11 bits per heavy atom. The van der Waals surface area contributed by atoms with Gasteiger partial charge in [0.2, 0.25) is 0 Å². The van der Waals surface area contributed by atoms with E-state index in [1.165, 1.54) is 22.2 Å². The summed E-state index contributed by atoms with van der Waals surface area (Å²) in [6, 6.07) is 6.97. The second-order valence-corrected chi connectivity index (χ2v) is 5.88. The summed E-state index contributed by atoms with van der Waals surface area (Å²) in [5, 5.41) is 4.97. The van der Waals surface area contributed by atoms with Crippen molar-refractivity contribution in [3.05, 3.63) is 35.0 Å². The number of fused-ring (bicyclic) bond motifs is 3. The third kappa shape index (κ3) is 1.59. The SMILES string of the molecule is CC(C)c1ccc2c(c1)c1c(n2C)CNCC1C. The van der Waals surface area contributed by atoms with Gasteiger partial charge in [-0.15, -0.1) is 0 Å². The van der Waals surface area contributed by atoms with Gasteiger partial charge in [-0.25, -0.2) is 0 Å². The molecule has 18 heavy (non-hydrogen) atoms. The van der Waals surface area contributed by atoms with Crippen LogP contribution in [0.1, 0.15) is 49.4 Å². The first-order valence-electron chi connectivity index (χ1n) is 6.91. The first kappa shape index (κ1) is 11.8. The van der Waals surface area contributed by atoms with Crippen molar-refractivity contribution in [2.75, 3.05) is 6.54 Å². The normalized spacial score (nSPS) is 19.5. The van der Waals surface area contributed by atoms with Gasteiger partial charge in [0, 0.05) is 36.7 Å². The van der Waals surface area contributed by atoms with Crippen LogP contribution in [-0.2, 0) is 13.6 Å². The molecular weight excluding hydrogens is 220 g/mol. The quantitative estimate of drug-likeness (QED) is 0.809. The monoisotopic (exact) mass is 242 g/mol. The zero-order valence-electron chi connectivity index (χ0n) is 11.7. The Morgan fingerprint density at radius 3 is 2.83 bits per heavy atom. The van der Waals surface area contributed by atoms with Crippen LogP contribution in [0.15, 0.2) is 18.2 Å². The number of hydrogen-bond donors (Lipinski definition) is 1. The first-order chi connectivity index (χ1) is 8.59. The highest BCUT2D eigenvalue weighted by Gasteiger charge is 2.23. The van der Waals surface area contributed by atoms with Crippen LogP contribution >= 0.6 is 0 Å². The van der Waals surface area contributed by atoms with Gasteiger partial charge in [-0.1, -0.05) is 26.8 Å². The van der Waals surface area contributed by atoms with Gasteiger partial charge in [0.15, 0.2) is 0 Å². The lowest BCUT2D eigenvalue weighted by Gasteiger charge is -2.21. The molecule has 3 rings (SSSR count). The van der Waals surface area contributed by atoms with Crippen LogP contribution in [0.4, 0.5) is 0 Å². The van der Waals surface area contributed by atoms with Crippen molar-refractivity contribution >= 4 is 10.9 Å². The second-order valence-electron chi connectivity index (χ2n) is 5.88. The van der Waals surface area contributed by atoms with Gasteiger partial charge in [-0.05, 0) is 35.1 Å². The summed E-state index contributed by atoms with van der Waals surface area (Å²) in [6.07, 6.45) is 0. The van der Waals surface area contributed by atoms with Crippen molar-refractivity contribution in [3.63, 3.8) is 0 Å². The van der Waals surface area contributed by atoms with E-state index in [9.17, 15) is 0 Å². The third-order valence-corrected chi connectivity index (χ3v) is 4.29. The van der Waals surface area contributed by atoms with E-state index >= 15 is 0 Å².